The van der Waals surface area contributed by atoms with Crippen LogP contribution in [0.4, 0.5) is 0 Å². The number of nitrogens with two attached hydrogens (primary N) is 1. The van der Waals surface area contributed by atoms with Crippen LogP contribution in [-0.4, -0.2) is 39.6 Å². The second-order valence-electron chi connectivity index (χ2n) is 5.86. The Morgan fingerprint density at radius 2 is 1.95 bits per heavy atom. The minimum atomic E-state index is 0.0906. The van der Waals surface area contributed by atoms with Crippen LogP contribution in [0.3, 0.4) is 0 Å². The molecule has 0 aliphatic heterocycles. The van der Waals surface area contributed by atoms with Crippen molar-refractivity contribution in [3.8, 4) is 0 Å². The van der Waals surface area contributed by atoms with E-state index in [4.69, 9.17) is 5.73 Å². The molecule has 1 heterocycles. The maximum absolute atomic E-state index is 12.9. The molecule has 0 bridgehead atoms. The minimum Gasteiger partial charge on any atom is -0.336 e. The van der Waals surface area contributed by atoms with E-state index in [1.165, 1.54) is 0 Å². The summed E-state index contributed by atoms with van der Waals surface area (Å²) in [4.78, 5) is 14.9. The van der Waals surface area contributed by atoms with Gasteiger partial charge in [-0.1, -0.05) is 6.92 Å². The van der Waals surface area contributed by atoms with Gasteiger partial charge in [0.2, 0.25) is 0 Å². The van der Waals surface area contributed by atoms with Crippen LogP contribution < -0.4 is 5.73 Å². The number of aromatic nitrogens is 2. The molecule has 0 atom stereocenters. The lowest BCUT2D eigenvalue weighted by Gasteiger charge is -2.35. The summed E-state index contributed by atoms with van der Waals surface area (Å²) in [6.07, 6.45) is 4.73. The van der Waals surface area contributed by atoms with Crippen molar-refractivity contribution < 1.29 is 4.79 Å². The normalized spacial score (nSPS) is 22.1. The first-order chi connectivity index (χ1) is 10.1. The Morgan fingerprint density at radius 1 is 1.29 bits per heavy atom. The lowest BCUT2D eigenvalue weighted by molar-refractivity contribution is 0.0638. The molecule has 2 N–H and O–H groups in total. The molecule has 116 valence electrons. The molecule has 1 amide bonds. The summed E-state index contributed by atoms with van der Waals surface area (Å²) < 4.78 is 0. The number of hydrogen-bond donors (Lipinski definition) is 1. The minimum absolute atomic E-state index is 0.0906. The van der Waals surface area contributed by atoms with Crippen LogP contribution in [0.1, 0.15) is 61.3 Å². The second kappa shape index (κ2) is 6.98. The molecule has 21 heavy (non-hydrogen) atoms. The van der Waals surface area contributed by atoms with Crippen LogP contribution in [0.15, 0.2) is 6.07 Å². The predicted molar refractivity (Wildman–Crippen MR) is 83.1 cm³/mol. The van der Waals surface area contributed by atoms with Gasteiger partial charge in [-0.2, -0.15) is 10.2 Å². The highest BCUT2D eigenvalue weighted by Gasteiger charge is 2.28. The second-order valence-corrected chi connectivity index (χ2v) is 5.86. The van der Waals surface area contributed by atoms with Crippen molar-refractivity contribution in [2.45, 2.75) is 65.0 Å². The zero-order valence-electron chi connectivity index (χ0n) is 13.3. The topological polar surface area (TPSA) is 72.1 Å². The summed E-state index contributed by atoms with van der Waals surface area (Å²) in [5.41, 5.74) is 8.26. The molecule has 0 aromatic carbocycles. The van der Waals surface area contributed by atoms with Crippen LogP contribution in [0.2, 0.25) is 0 Å². The summed E-state index contributed by atoms with van der Waals surface area (Å²) in [7, 11) is 0. The van der Waals surface area contributed by atoms with Gasteiger partial charge in [-0.05, 0) is 52.0 Å². The van der Waals surface area contributed by atoms with Crippen molar-refractivity contribution in [1.29, 1.82) is 0 Å². The van der Waals surface area contributed by atoms with Gasteiger partial charge >= 0.3 is 0 Å². The Kier molecular flexibility index (Phi) is 5.28. The van der Waals surface area contributed by atoms with E-state index in [0.717, 1.165) is 50.0 Å². The molecular formula is C16H26N4O. The average molecular weight is 290 g/mol. The van der Waals surface area contributed by atoms with E-state index in [1.54, 1.807) is 0 Å². The van der Waals surface area contributed by atoms with Gasteiger partial charge in [0.1, 0.15) is 0 Å². The molecule has 2 rings (SSSR count). The van der Waals surface area contributed by atoms with E-state index in [0.29, 0.717) is 17.6 Å². The fourth-order valence-electron chi connectivity index (χ4n) is 3.10. The van der Waals surface area contributed by atoms with Crippen LogP contribution in [0.5, 0.6) is 0 Å². The maximum atomic E-state index is 12.9. The predicted octanol–water partition coefficient (Wildman–Crippen LogP) is 2.08. The monoisotopic (exact) mass is 290 g/mol. The summed E-state index contributed by atoms with van der Waals surface area (Å²) in [5, 5.41) is 8.24. The fourth-order valence-corrected chi connectivity index (χ4v) is 3.10. The van der Waals surface area contributed by atoms with Crippen molar-refractivity contribution in [3.63, 3.8) is 0 Å². The number of hydrogen-bond acceptors (Lipinski definition) is 4. The zero-order chi connectivity index (χ0) is 15.4. The Bertz CT molecular complexity index is 495. The molecule has 5 heteroatoms. The number of carbonyl (C=O) groups excluding carboxylic acids is 1. The Balaban J connectivity index is 2.22. The third-order valence-electron chi connectivity index (χ3n) is 4.34. The largest absolute Gasteiger partial charge is 0.336 e. The summed E-state index contributed by atoms with van der Waals surface area (Å²) >= 11 is 0. The highest BCUT2D eigenvalue weighted by atomic mass is 16.2. The van der Waals surface area contributed by atoms with E-state index in [2.05, 4.69) is 10.2 Å². The van der Waals surface area contributed by atoms with Crippen molar-refractivity contribution in [1.82, 2.24) is 15.1 Å². The number of amides is 1. The highest BCUT2D eigenvalue weighted by molar-refractivity contribution is 5.95. The summed E-state index contributed by atoms with van der Waals surface area (Å²) in [6, 6.07) is 2.47. The quantitative estimate of drug-likeness (QED) is 0.921. The smallest absolute Gasteiger partial charge is 0.256 e. The van der Waals surface area contributed by atoms with Crippen LogP contribution in [0, 0.1) is 6.92 Å². The SMILES string of the molecule is CCc1nnc(C)cc1C(=O)N(CC)C1CCC(N)CC1. The van der Waals surface area contributed by atoms with Gasteiger partial charge in [0.15, 0.2) is 0 Å². The van der Waals surface area contributed by atoms with E-state index < -0.39 is 0 Å². The van der Waals surface area contributed by atoms with E-state index in [9.17, 15) is 4.79 Å². The molecule has 1 aromatic heterocycles. The van der Waals surface area contributed by atoms with Gasteiger partial charge in [-0.15, -0.1) is 0 Å². The van der Waals surface area contributed by atoms with Crippen molar-refractivity contribution >= 4 is 5.91 Å². The molecule has 1 fully saturated rings. The van der Waals surface area contributed by atoms with Crippen LogP contribution in [0.25, 0.3) is 0 Å². The van der Waals surface area contributed by atoms with Crippen molar-refractivity contribution in [2.24, 2.45) is 5.73 Å². The van der Waals surface area contributed by atoms with Crippen molar-refractivity contribution in [3.05, 3.63) is 23.0 Å². The molecule has 1 aromatic rings. The number of aryl methyl sites for hydroxylation is 2. The van der Waals surface area contributed by atoms with Gasteiger partial charge in [-0.25, -0.2) is 0 Å². The maximum Gasteiger partial charge on any atom is 0.256 e. The Morgan fingerprint density at radius 3 is 2.52 bits per heavy atom. The molecule has 0 spiro atoms. The first-order valence-electron chi connectivity index (χ1n) is 7.96. The molecular weight excluding hydrogens is 264 g/mol. The molecule has 0 saturated heterocycles. The van der Waals surface area contributed by atoms with Gasteiger partial charge in [0, 0.05) is 18.6 Å². The molecule has 1 aliphatic rings. The fraction of sp³-hybridized carbons (Fsp3) is 0.688. The lowest BCUT2D eigenvalue weighted by atomic mass is 9.90. The molecule has 1 saturated carbocycles. The van der Waals surface area contributed by atoms with Gasteiger partial charge in [0.05, 0.1) is 17.0 Å². The third-order valence-corrected chi connectivity index (χ3v) is 4.34. The Labute approximate surface area is 126 Å². The van der Waals surface area contributed by atoms with Crippen LogP contribution >= 0.6 is 0 Å². The van der Waals surface area contributed by atoms with Gasteiger partial charge < -0.3 is 10.6 Å². The van der Waals surface area contributed by atoms with Gasteiger partial charge in [-0.3, -0.25) is 4.79 Å². The summed E-state index contributed by atoms with van der Waals surface area (Å²) in [6.45, 7) is 6.65. The zero-order valence-corrected chi connectivity index (χ0v) is 13.3. The molecule has 0 radical (unpaired) electrons. The van der Waals surface area contributed by atoms with E-state index >= 15 is 0 Å². The Hall–Kier alpha value is -1.49. The molecule has 0 unspecified atom stereocenters. The number of rotatable bonds is 4. The van der Waals surface area contributed by atoms with E-state index in [-0.39, 0.29) is 5.91 Å². The van der Waals surface area contributed by atoms with E-state index in [1.807, 2.05) is 31.7 Å². The van der Waals surface area contributed by atoms with Crippen LogP contribution in [-0.2, 0) is 6.42 Å². The standard InChI is InChI=1S/C16H26N4O/c1-4-15-14(10-11(3)18-19-15)16(21)20(5-2)13-8-6-12(17)7-9-13/h10,12-13H,4-9,17H2,1-3H3. The lowest BCUT2D eigenvalue weighted by Crippen LogP contribution is -2.44. The third kappa shape index (κ3) is 3.59. The van der Waals surface area contributed by atoms with Gasteiger partial charge in [0.25, 0.3) is 5.91 Å². The van der Waals surface area contributed by atoms with Crippen molar-refractivity contribution in [2.75, 3.05) is 6.54 Å². The first kappa shape index (κ1) is 15.9. The molecule has 5 nitrogen and oxygen atoms in total. The average Bonchev–Trinajstić information content (AvgIpc) is 2.49. The number of carbonyl (C=O) groups is 1. The summed E-state index contributed by atoms with van der Waals surface area (Å²) in [5.74, 6) is 0.0906. The number of nitrogens with zero attached hydrogens (tertiary/aromatic N) is 3. The first-order valence-corrected chi connectivity index (χ1v) is 7.96. The molecule has 1 aliphatic carbocycles. The highest BCUT2D eigenvalue weighted by Crippen LogP contribution is 2.24.